The SMILES string of the molecule is CC[C@@H]1[C@@H]2CN(C(=O)[C@H](C(C)(C)C)NC(=O)O[C@]3(C)CCC[C@H]3CCCCCc3nc4ccc(OCCNc5ncccn5)cc4nc3O2)[C@@H]1C=O. The highest BCUT2D eigenvalue weighted by Crippen LogP contribution is 2.42. The fraction of sp³-hybridized carbons (Fsp3) is 0.615. The van der Waals surface area contributed by atoms with Gasteiger partial charge in [-0.25, -0.2) is 24.7 Å². The first-order valence-electron chi connectivity index (χ1n) is 18.9. The summed E-state index contributed by atoms with van der Waals surface area (Å²) >= 11 is 0. The second-order valence-corrected chi connectivity index (χ2v) is 15.7. The molecule has 1 aliphatic carbocycles. The van der Waals surface area contributed by atoms with Gasteiger partial charge in [0.1, 0.15) is 42.1 Å². The van der Waals surface area contributed by atoms with Gasteiger partial charge >= 0.3 is 6.09 Å². The minimum Gasteiger partial charge on any atom is -0.492 e. The van der Waals surface area contributed by atoms with E-state index in [1.54, 1.807) is 23.4 Å². The van der Waals surface area contributed by atoms with Crippen LogP contribution in [0.3, 0.4) is 0 Å². The van der Waals surface area contributed by atoms with Gasteiger partial charge in [-0.1, -0.05) is 40.5 Å². The number of alkyl carbamates (subject to hydrolysis) is 1. The molecule has 2 fully saturated rings. The topological polar surface area (TPSA) is 158 Å². The smallest absolute Gasteiger partial charge is 0.408 e. The van der Waals surface area contributed by atoms with Gasteiger partial charge in [-0.3, -0.25) is 4.79 Å². The zero-order chi connectivity index (χ0) is 36.9. The van der Waals surface area contributed by atoms with E-state index in [1.807, 2.05) is 52.8 Å². The normalized spacial score (nSPS) is 27.3. The van der Waals surface area contributed by atoms with Crippen LogP contribution in [0.15, 0.2) is 36.7 Å². The van der Waals surface area contributed by atoms with Crippen LogP contribution in [-0.2, 0) is 20.7 Å². The summed E-state index contributed by atoms with van der Waals surface area (Å²) in [5, 5.41) is 6.06. The summed E-state index contributed by atoms with van der Waals surface area (Å²) in [5.41, 5.74) is 0.864. The van der Waals surface area contributed by atoms with E-state index in [-0.39, 0.29) is 24.3 Å². The fourth-order valence-corrected chi connectivity index (χ4v) is 8.04. The fourth-order valence-electron chi connectivity index (χ4n) is 8.04. The Bertz CT molecular complexity index is 1720. The number of carbonyl (C=O) groups is 3. The van der Waals surface area contributed by atoms with Crippen LogP contribution in [0.1, 0.15) is 91.7 Å². The van der Waals surface area contributed by atoms with Gasteiger partial charge in [-0.2, -0.15) is 0 Å². The van der Waals surface area contributed by atoms with Crippen molar-refractivity contribution in [2.24, 2.45) is 17.3 Å². The molecule has 2 bridgehead atoms. The van der Waals surface area contributed by atoms with Crippen LogP contribution in [0.4, 0.5) is 10.7 Å². The Balaban J connectivity index is 1.29. The van der Waals surface area contributed by atoms with Gasteiger partial charge in [-0.15, -0.1) is 0 Å². The number of ether oxygens (including phenoxy) is 3. The largest absolute Gasteiger partial charge is 0.492 e. The Morgan fingerprint density at radius 1 is 1.08 bits per heavy atom. The lowest BCUT2D eigenvalue weighted by molar-refractivity contribution is -0.139. The highest BCUT2D eigenvalue weighted by Gasteiger charge is 2.49. The lowest BCUT2D eigenvalue weighted by atomic mass is 9.85. The molecule has 1 aromatic carbocycles. The van der Waals surface area contributed by atoms with E-state index < -0.39 is 35.3 Å². The van der Waals surface area contributed by atoms with Crippen molar-refractivity contribution in [1.29, 1.82) is 0 Å². The van der Waals surface area contributed by atoms with Gasteiger partial charge in [0.05, 0.1) is 30.2 Å². The average Bonchev–Trinajstić information content (AvgIpc) is 3.66. The minimum absolute atomic E-state index is 0.171. The number of anilines is 1. The van der Waals surface area contributed by atoms with Crippen molar-refractivity contribution in [2.75, 3.05) is 25.0 Å². The number of carbonyl (C=O) groups excluding carboxylic acids is 3. The molecule has 2 N–H and O–H groups in total. The molecule has 0 radical (unpaired) electrons. The van der Waals surface area contributed by atoms with E-state index >= 15 is 0 Å². The van der Waals surface area contributed by atoms with Crippen molar-refractivity contribution in [1.82, 2.24) is 30.2 Å². The summed E-state index contributed by atoms with van der Waals surface area (Å²) in [5.74, 6) is 1.21. The molecule has 2 aromatic heterocycles. The van der Waals surface area contributed by atoms with Crippen LogP contribution in [0.25, 0.3) is 11.0 Å². The number of amides is 2. The molecule has 13 heteroatoms. The van der Waals surface area contributed by atoms with E-state index in [0.717, 1.165) is 62.4 Å². The van der Waals surface area contributed by atoms with Gasteiger partial charge in [0.15, 0.2) is 0 Å². The molecule has 2 aliphatic heterocycles. The zero-order valence-electron chi connectivity index (χ0n) is 31.1. The molecule has 1 saturated heterocycles. The van der Waals surface area contributed by atoms with Gasteiger partial charge in [0, 0.05) is 24.4 Å². The van der Waals surface area contributed by atoms with E-state index in [1.165, 1.54) is 0 Å². The number of nitrogens with zero attached hydrogens (tertiary/aromatic N) is 5. The summed E-state index contributed by atoms with van der Waals surface area (Å²) in [7, 11) is 0. The number of benzene rings is 1. The number of aldehydes is 1. The molecule has 4 heterocycles. The molecule has 280 valence electrons. The monoisotopic (exact) mass is 715 g/mol. The second-order valence-electron chi connectivity index (χ2n) is 15.7. The standard InChI is InChI=1S/C39H53N7O6/c1-6-27-31(24-47)46-23-32(27)51-34-29(43-28-16-15-26(22-30(28)44-34)50-21-20-42-36-40-18-11-19-41-36)14-9-7-8-12-25-13-10-17-39(25,5)52-37(49)45-33(35(46)48)38(2,3)4/h11,15-16,18-19,22,24-25,27,31-33H,6-10,12-14,17,20-21,23H2,1-5H3,(H,45,49)(H,40,41,42)/t25-,27+,31-,32+,33-,39-/m1/s1. The lowest BCUT2D eigenvalue weighted by Gasteiger charge is -2.37. The predicted molar refractivity (Wildman–Crippen MR) is 196 cm³/mol. The molecule has 6 rings (SSSR count). The molecule has 0 unspecified atom stereocenters. The number of nitrogens with one attached hydrogen (secondary N) is 2. The minimum atomic E-state index is -0.911. The van der Waals surface area contributed by atoms with Crippen LogP contribution in [-0.4, -0.2) is 86.6 Å². The summed E-state index contributed by atoms with van der Waals surface area (Å²) < 4.78 is 18.9. The third-order valence-corrected chi connectivity index (χ3v) is 11.0. The van der Waals surface area contributed by atoms with E-state index in [4.69, 9.17) is 24.2 Å². The Kier molecular flexibility index (Phi) is 11.4. The quantitative estimate of drug-likeness (QED) is 0.221. The molecule has 1 saturated carbocycles. The number of aryl methyl sites for hydroxylation is 1. The maximum Gasteiger partial charge on any atom is 0.408 e. The van der Waals surface area contributed by atoms with Crippen molar-refractivity contribution in [3.63, 3.8) is 0 Å². The molecule has 0 spiro atoms. The number of hydrogen-bond acceptors (Lipinski definition) is 11. The molecular formula is C39H53N7O6. The van der Waals surface area contributed by atoms with Gasteiger partial charge in [0.2, 0.25) is 17.7 Å². The Labute approximate surface area is 306 Å². The highest BCUT2D eigenvalue weighted by atomic mass is 16.6. The Hall–Kier alpha value is -4.55. The van der Waals surface area contributed by atoms with Crippen molar-refractivity contribution in [2.45, 2.75) is 116 Å². The van der Waals surface area contributed by atoms with Crippen LogP contribution in [0.5, 0.6) is 11.6 Å². The molecule has 13 nitrogen and oxygen atoms in total. The van der Waals surface area contributed by atoms with Crippen molar-refractivity contribution in [3.8, 4) is 11.6 Å². The van der Waals surface area contributed by atoms with Crippen LogP contribution >= 0.6 is 0 Å². The second kappa shape index (κ2) is 16.0. The summed E-state index contributed by atoms with van der Waals surface area (Å²) in [6.45, 7) is 10.8. The van der Waals surface area contributed by atoms with E-state index in [2.05, 4.69) is 20.6 Å². The third kappa shape index (κ3) is 8.39. The van der Waals surface area contributed by atoms with E-state index in [9.17, 15) is 14.4 Å². The van der Waals surface area contributed by atoms with Gasteiger partial charge in [0.25, 0.3) is 0 Å². The van der Waals surface area contributed by atoms with Gasteiger partial charge < -0.3 is 34.5 Å². The van der Waals surface area contributed by atoms with Crippen molar-refractivity contribution < 1.29 is 28.6 Å². The first-order chi connectivity index (χ1) is 25.0. The Morgan fingerprint density at radius 3 is 2.62 bits per heavy atom. The van der Waals surface area contributed by atoms with E-state index in [0.29, 0.717) is 49.1 Å². The van der Waals surface area contributed by atoms with Crippen molar-refractivity contribution >= 4 is 35.3 Å². The maximum atomic E-state index is 14.4. The number of hydrogen-bond donors (Lipinski definition) is 2. The van der Waals surface area contributed by atoms with Crippen LogP contribution in [0, 0.1) is 17.3 Å². The average molecular weight is 716 g/mol. The van der Waals surface area contributed by atoms with Crippen LogP contribution < -0.4 is 20.1 Å². The molecule has 2 amide bonds. The number of rotatable bonds is 7. The van der Waals surface area contributed by atoms with Gasteiger partial charge in [-0.05, 0) is 81.4 Å². The zero-order valence-corrected chi connectivity index (χ0v) is 31.1. The molecular weight excluding hydrogens is 662 g/mol. The molecule has 3 aliphatic rings. The van der Waals surface area contributed by atoms with Crippen LogP contribution in [0.2, 0.25) is 0 Å². The first-order valence-corrected chi connectivity index (χ1v) is 18.9. The number of fused-ring (bicyclic) bond motifs is 5. The predicted octanol–water partition coefficient (Wildman–Crippen LogP) is 5.91. The third-order valence-electron chi connectivity index (χ3n) is 11.0. The maximum absolute atomic E-state index is 14.4. The first kappa shape index (κ1) is 37.2. The molecule has 6 atom stereocenters. The summed E-state index contributed by atoms with van der Waals surface area (Å²) in [4.78, 5) is 60.5. The Morgan fingerprint density at radius 2 is 1.87 bits per heavy atom. The highest BCUT2D eigenvalue weighted by molar-refractivity contribution is 5.89. The summed E-state index contributed by atoms with van der Waals surface area (Å²) in [6, 6.07) is 5.77. The lowest BCUT2D eigenvalue weighted by Crippen LogP contribution is -2.57. The summed E-state index contributed by atoms with van der Waals surface area (Å²) in [6.07, 6.45) is 10.9. The molecule has 52 heavy (non-hydrogen) atoms. The number of aromatic nitrogens is 4. The molecule has 3 aromatic rings. The van der Waals surface area contributed by atoms with Crippen molar-refractivity contribution in [3.05, 3.63) is 42.4 Å².